The van der Waals surface area contributed by atoms with Gasteiger partial charge in [0.2, 0.25) is 0 Å². The van der Waals surface area contributed by atoms with Crippen molar-refractivity contribution in [3.63, 3.8) is 0 Å². The Morgan fingerprint density at radius 3 is 2.21 bits per heavy atom. The van der Waals surface area contributed by atoms with Gasteiger partial charge in [-0.3, -0.25) is 5.41 Å². The molecule has 76 valence electrons. The van der Waals surface area contributed by atoms with E-state index in [2.05, 4.69) is 32.9 Å². The van der Waals surface area contributed by atoms with E-state index in [9.17, 15) is 0 Å². The van der Waals surface area contributed by atoms with Crippen molar-refractivity contribution in [3.8, 4) is 0 Å². The summed E-state index contributed by atoms with van der Waals surface area (Å²) in [5.41, 5.74) is 10.5. The lowest BCUT2D eigenvalue weighted by Gasteiger charge is -2.10. The second-order valence-corrected chi connectivity index (χ2v) is 4.55. The van der Waals surface area contributed by atoms with E-state index in [4.69, 9.17) is 11.1 Å². The average Bonchev–Trinajstić information content (AvgIpc) is 2.01. The van der Waals surface area contributed by atoms with E-state index in [1.807, 2.05) is 0 Å². The normalized spacial score (nSPS) is 10.2. The van der Waals surface area contributed by atoms with Crippen LogP contribution in [0, 0.1) is 26.2 Å². The lowest BCUT2D eigenvalue weighted by atomic mass is 10.0. The van der Waals surface area contributed by atoms with E-state index in [0.29, 0.717) is 0 Å². The maximum absolute atomic E-state index is 7.17. The Hall–Kier alpha value is -0.960. The molecule has 0 saturated carbocycles. The number of nitrogens with one attached hydrogen (secondary N) is 1. The van der Waals surface area contributed by atoms with Crippen molar-refractivity contribution in [1.29, 1.82) is 5.41 Å². The van der Waals surface area contributed by atoms with Crippen LogP contribution in [-0.4, -0.2) is 5.17 Å². The summed E-state index contributed by atoms with van der Waals surface area (Å²) >= 11 is 1.38. The van der Waals surface area contributed by atoms with Crippen LogP contribution in [0.4, 0.5) is 0 Å². The smallest absolute Gasteiger partial charge is 0.151 e. The van der Waals surface area contributed by atoms with Crippen LogP contribution in [0.3, 0.4) is 0 Å². The van der Waals surface area contributed by atoms with Gasteiger partial charge in [-0.2, -0.15) is 0 Å². The molecule has 0 aliphatic carbocycles. The molecular weight excluding hydrogens is 192 g/mol. The summed E-state index contributed by atoms with van der Waals surface area (Å²) in [4.78, 5) is 0. The predicted molar refractivity (Wildman–Crippen MR) is 63.9 cm³/mol. The van der Waals surface area contributed by atoms with Crippen molar-refractivity contribution >= 4 is 16.9 Å². The van der Waals surface area contributed by atoms with Crippen LogP contribution < -0.4 is 5.73 Å². The van der Waals surface area contributed by atoms with Gasteiger partial charge in [-0.1, -0.05) is 29.5 Å². The van der Waals surface area contributed by atoms with Crippen LogP contribution in [0.1, 0.15) is 22.3 Å². The van der Waals surface area contributed by atoms with Crippen molar-refractivity contribution in [3.05, 3.63) is 34.4 Å². The van der Waals surface area contributed by atoms with Crippen LogP contribution in [0.15, 0.2) is 12.1 Å². The van der Waals surface area contributed by atoms with Gasteiger partial charge in [-0.25, -0.2) is 0 Å². The Balaban J connectivity index is 2.91. The van der Waals surface area contributed by atoms with Gasteiger partial charge in [0.1, 0.15) is 0 Å². The number of hydrogen-bond acceptors (Lipinski definition) is 2. The van der Waals surface area contributed by atoms with Crippen LogP contribution in [0.5, 0.6) is 0 Å². The number of rotatable bonds is 2. The highest BCUT2D eigenvalue weighted by Gasteiger charge is 2.04. The minimum Gasteiger partial charge on any atom is -0.379 e. The minimum absolute atomic E-state index is 0.185. The Bertz CT molecular complexity index is 335. The number of thioether (sulfide) groups is 1. The zero-order valence-corrected chi connectivity index (χ0v) is 9.66. The Kier molecular flexibility index (Phi) is 3.58. The maximum Gasteiger partial charge on any atom is 0.151 e. The molecule has 1 aromatic carbocycles. The third-order valence-electron chi connectivity index (χ3n) is 2.21. The zero-order chi connectivity index (χ0) is 10.7. The van der Waals surface area contributed by atoms with E-state index in [1.165, 1.54) is 34.0 Å². The molecule has 1 aromatic rings. The highest BCUT2D eigenvalue weighted by atomic mass is 32.2. The van der Waals surface area contributed by atoms with Gasteiger partial charge in [0.25, 0.3) is 0 Å². The third-order valence-corrected chi connectivity index (χ3v) is 2.96. The molecule has 0 fully saturated rings. The summed E-state index contributed by atoms with van der Waals surface area (Å²) in [6.07, 6.45) is 0. The van der Waals surface area contributed by atoms with E-state index in [1.54, 1.807) is 0 Å². The van der Waals surface area contributed by atoms with Crippen LogP contribution in [0.25, 0.3) is 0 Å². The standard InChI is InChI=1S/C11H16N2S/c1-7-4-8(2)10(9(3)5-7)6-14-11(12)13/h4-5H,6H2,1-3H3,(H3,12,13). The first-order valence-corrected chi connectivity index (χ1v) is 5.53. The quantitative estimate of drug-likeness (QED) is 0.580. The highest BCUT2D eigenvalue weighted by molar-refractivity contribution is 8.13. The van der Waals surface area contributed by atoms with Crippen molar-refractivity contribution in [1.82, 2.24) is 0 Å². The first-order valence-electron chi connectivity index (χ1n) is 4.54. The molecule has 3 N–H and O–H groups in total. The van der Waals surface area contributed by atoms with Gasteiger partial charge in [-0.15, -0.1) is 0 Å². The summed E-state index contributed by atoms with van der Waals surface area (Å²) < 4.78 is 0. The molecular formula is C11H16N2S. The fourth-order valence-electron chi connectivity index (χ4n) is 1.59. The van der Waals surface area contributed by atoms with Gasteiger partial charge < -0.3 is 5.73 Å². The van der Waals surface area contributed by atoms with Gasteiger partial charge in [0, 0.05) is 5.75 Å². The topological polar surface area (TPSA) is 49.9 Å². The molecule has 0 radical (unpaired) electrons. The third kappa shape index (κ3) is 2.77. The summed E-state index contributed by atoms with van der Waals surface area (Å²) in [6.45, 7) is 6.31. The molecule has 0 bridgehead atoms. The molecule has 0 aliphatic heterocycles. The monoisotopic (exact) mass is 208 g/mol. The Labute approximate surface area is 89.4 Å². The van der Waals surface area contributed by atoms with E-state index in [-0.39, 0.29) is 5.17 Å². The first kappa shape index (κ1) is 11.1. The minimum atomic E-state index is 0.185. The second-order valence-electron chi connectivity index (χ2n) is 3.53. The summed E-state index contributed by atoms with van der Waals surface area (Å²) in [5, 5.41) is 7.35. The average molecular weight is 208 g/mol. The van der Waals surface area contributed by atoms with E-state index < -0.39 is 0 Å². The molecule has 1 rings (SSSR count). The largest absolute Gasteiger partial charge is 0.379 e. The summed E-state index contributed by atoms with van der Waals surface area (Å²) in [7, 11) is 0. The van der Waals surface area contributed by atoms with Gasteiger partial charge in [0.15, 0.2) is 5.17 Å². The predicted octanol–water partition coefficient (Wildman–Crippen LogP) is 2.74. The number of nitrogens with two attached hydrogens (primary N) is 1. The van der Waals surface area contributed by atoms with Crippen molar-refractivity contribution in [2.24, 2.45) is 5.73 Å². The Morgan fingerprint density at radius 1 is 1.29 bits per heavy atom. The Morgan fingerprint density at radius 2 is 1.79 bits per heavy atom. The van der Waals surface area contributed by atoms with Crippen LogP contribution in [0.2, 0.25) is 0 Å². The van der Waals surface area contributed by atoms with Gasteiger partial charge in [0.05, 0.1) is 0 Å². The molecule has 0 unspecified atom stereocenters. The van der Waals surface area contributed by atoms with Crippen molar-refractivity contribution < 1.29 is 0 Å². The molecule has 2 nitrogen and oxygen atoms in total. The summed E-state index contributed by atoms with van der Waals surface area (Å²) in [6, 6.07) is 4.34. The SMILES string of the molecule is Cc1cc(C)c(CSC(=N)N)c(C)c1. The molecule has 0 amide bonds. The number of aryl methyl sites for hydroxylation is 3. The van der Waals surface area contributed by atoms with Crippen LogP contribution in [-0.2, 0) is 5.75 Å². The van der Waals surface area contributed by atoms with E-state index in [0.717, 1.165) is 5.75 Å². The molecule has 3 heteroatoms. The highest BCUT2D eigenvalue weighted by Crippen LogP contribution is 2.21. The molecule has 0 aliphatic rings. The number of benzene rings is 1. The van der Waals surface area contributed by atoms with Crippen molar-refractivity contribution in [2.75, 3.05) is 0 Å². The summed E-state index contributed by atoms with van der Waals surface area (Å²) in [5.74, 6) is 0.799. The molecule has 0 spiro atoms. The second kappa shape index (κ2) is 4.51. The number of amidine groups is 1. The van der Waals surface area contributed by atoms with Gasteiger partial charge >= 0.3 is 0 Å². The van der Waals surface area contributed by atoms with Crippen molar-refractivity contribution in [2.45, 2.75) is 26.5 Å². The molecule has 0 aromatic heterocycles. The molecule has 0 atom stereocenters. The van der Waals surface area contributed by atoms with Crippen LogP contribution >= 0.6 is 11.8 Å². The maximum atomic E-state index is 7.17. The molecule has 14 heavy (non-hydrogen) atoms. The van der Waals surface area contributed by atoms with E-state index >= 15 is 0 Å². The first-order chi connectivity index (χ1) is 6.50. The van der Waals surface area contributed by atoms with Gasteiger partial charge in [-0.05, 0) is 37.5 Å². The lowest BCUT2D eigenvalue weighted by molar-refractivity contribution is 1.22. The fourth-order valence-corrected chi connectivity index (χ4v) is 2.34. The zero-order valence-electron chi connectivity index (χ0n) is 8.85. The molecule has 0 saturated heterocycles. The number of hydrogen-bond donors (Lipinski definition) is 2. The molecule has 0 heterocycles. The fraction of sp³-hybridized carbons (Fsp3) is 0.364. The lowest BCUT2D eigenvalue weighted by Crippen LogP contribution is -2.05.